The molecule has 5 nitrogen and oxygen atoms in total. The molecule has 2 aromatic rings. The SMILES string of the molecule is CC(C)C(C)NC(=O)CSc1nnc(NCc2ccccc2)s1. The summed E-state index contributed by atoms with van der Waals surface area (Å²) in [5.41, 5.74) is 1.19. The molecular formula is C16H22N4OS2. The molecule has 0 saturated heterocycles. The maximum atomic E-state index is 11.9. The Labute approximate surface area is 145 Å². The number of thioether (sulfide) groups is 1. The third-order valence-corrected chi connectivity index (χ3v) is 5.42. The smallest absolute Gasteiger partial charge is 0.230 e. The summed E-state index contributed by atoms with van der Waals surface area (Å²) in [6, 6.07) is 10.3. The normalized spacial score (nSPS) is 12.2. The summed E-state index contributed by atoms with van der Waals surface area (Å²) in [7, 11) is 0. The first-order valence-corrected chi connectivity index (χ1v) is 9.38. The second kappa shape index (κ2) is 8.88. The topological polar surface area (TPSA) is 66.9 Å². The lowest BCUT2D eigenvalue weighted by Crippen LogP contribution is -2.37. The molecule has 1 amide bonds. The van der Waals surface area contributed by atoms with E-state index in [2.05, 4.69) is 46.8 Å². The van der Waals surface area contributed by atoms with Gasteiger partial charge in [0.2, 0.25) is 11.0 Å². The van der Waals surface area contributed by atoms with Crippen molar-refractivity contribution in [1.29, 1.82) is 0 Å². The molecule has 0 fully saturated rings. The van der Waals surface area contributed by atoms with Crippen molar-refractivity contribution in [3.05, 3.63) is 35.9 Å². The van der Waals surface area contributed by atoms with Crippen molar-refractivity contribution in [3.63, 3.8) is 0 Å². The van der Waals surface area contributed by atoms with Gasteiger partial charge in [0.05, 0.1) is 5.75 Å². The van der Waals surface area contributed by atoms with Gasteiger partial charge in [0.15, 0.2) is 4.34 Å². The van der Waals surface area contributed by atoms with Crippen molar-refractivity contribution < 1.29 is 4.79 Å². The standard InChI is InChI=1S/C16H22N4OS2/c1-11(2)12(3)18-14(21)10-22-16-20-19-15(23-16)17-9-13-7-5-4-6-8-13/h4-8,11-12H,9-10H2,1-3H3,(H,17,19)(H,18,21). The summed E-state index contributed by atoms with van der Waals surface area (Å²) in [6.45, 7) is 6.91. The summed E-state index contributed by atoms with van der Waals surface area (Å²) >= 11 is 2.89. The van der Waals surface area contributed by atoms with E-state index in [1.54, 1.807) is 0 Å². The highest BCUT2D eigenvalue weighted by Crippen LogP contribution is 2.25. The van der Waals surface area contributed by atoms with Crippen molar-refractivity contribution in [2.24, 2.45) is 5.92 Å². The number of hydrogen-bond acceptors (Lipinski definition) is 6. The largest absolute Gasteiger partial charge is 0.356 e. The summed E-state index contributed by atoms with van der Waals surface area (Å²) in [5.74, 6) is 0.828. The molecule has 23 heavy (non-hydrogen) atoms. The molecule has 1 atom stereocenters. The molecule has 124 valence electrons. The number of benzene rings is 1. The number of anilines is 1. The predicted molar refractivity (Wildman–Crippen MR) is 96.8 cm³/mol. The van der Waals surface area contributed by atoms with Gasteiger partial charge in [0, 0.05) is 12.6 Å². The molecule has 2 rings (SSSR count). The zero-order valence-electron chi connectivity index (χ0n) is 13.6. The fraction of sp³-hybridized carbons (Fsp3) is 0.438. The highest BCUT2D eigenvalue weighted by atomic mass is 32.2. The molecule has 2 N–H and O–H groups in total. The maximum Gasteiger partial charge on any atom is 0.230 e. The van der Waals surface area contributed by atoms with Crippen LogP contribution in [0.15, 0.2) is 34.7 Å². The highest BCUT2D eigenvalue weighted by molar-refractivity contribution is 8.01. The van der Waals surface area contributed by atoms with Crippen LogP contribution in [0.4, 0.5) is 5.13 Å². The first-order chi connectivity index (χ1) is 11.0. The van der Waals surface area contributed by atoms with Crippen LogP contribution in [0, 0.1) is 5.92 Å². The number of nitrogens with zero attached hydrogens (tertiary/aromatic N) is 2. The second-order valence-corrected chi connectivity index (χ2v) is 7.80. The van der Waals surface area contributed by atoms with Gasteiger partial charge in [0.1, 0.15) is 0 Å². The monoisotopic (exact) mass is 350 g/mol. The van der Waals surface area contributed by atoms with Crippen molar-refractivity contribution in [1.82, 2.24) is 15.5 Å². The average Bonchev–Trinajstić information content (AvgIpc) is 3.00. The van der Waals surface area contributed by atoms with Gasteiger partial charge in [-0.05, 0) is 18.4 Å². The van der Waals surface area contributed by atoms with Crippen molar-refractivity contribution in [3.8, 4) is 0 Å². The number of hydrogen-bond donors (Lipinski definition) is 2. The minimum atomic E-state index is 0.0326. The number of nitrogens with one attached hydrogen (secondary N) is 2. The molecule has 0 saturated carbocycles. The quantitative estimate of drug-likeness (QED) is 0.714. The van der Waals surface area contributed by atoms with E-state index in [4.69, 9.17) is 0 Å². The molecular weight excluding hydrogens is 328 g/mol. The number of aromatic nitrogens is 2. The summed E-state index contributed by atoms with van der Waals surface area (Å²) < 4.78 is 0.799. The number of carbonyl (C=O) groups is 1. The molecule has 0 spiro atoms. The Bertz CT molecular complexity index is 616. The first kappa shape index (κ1) is 17.7. The van der Waals surface area contributed by atoms with Crippen molar-refractivity contribution >= 4 is 34.1 Å². The van der Waals surface area contributed by atoms with Crippen LogP contribution < -0.4 is 10.6 Å². The molecule has 1 aromatic heterocycles. The van der Waals surface area contributed by atoms with Gasteiger partial charge in [-0.25, -0.2) is 0 Å². The first-order valence-electron chi connectivity index (χ1n) is 7.58. The molecule has 1 unspecified atom stereocenters. The van der Waals surface area contributed by atoms with Gasteiger partial charge in [-0.2, -0.15) is 0 Å². The summed E-state index contributed by atoms with van der Waals surface area (Å²) in [5, 5.41) is 15.2. The van der Waals surface area contributed by atoms with Crippen LogP contribution in [0.25, 0.3) is 0 Å². The Morgan fingerprint density at radius 3 is 2.65 bits per heavy atom. The molecule has 0 aliphatic rings. The van der Waals surface area contributed by atoms with Crippen LogP contribution in [-0.2, 0) is 11.3 Å². The molecule has 7 heteroatoms. The van der Waals surface area contributed by atoms with Gasteiger partial charge in [-0.3, -0.25) is 4.79 Å². The molecule has 1 aromatic carbocycles. The minimum absolute atomic E-state index is 0.0326. The zero-order chi connectivity index (χ0) is 16.7. The molecule has 0 radical (unpaired) electrons. The van der Waals surface area contributed by atoms with E-state index in [0.717, 1.165) is 9.47 Å². The summed E-state index contributed by atoms with van der Waals surface area (Å²) in [6.07, 6.45) is 0. The van der Waals surface area contributed by atoms with Gasteiger partial charge in [0.25, 0.3) is 0 Å². The number of carbonyl (C=O) groups excluding carboxylic acids is 1. The maximum absolute atomic E-state index is 11.9. The van der Waals surface area contributed by atoms with Gasteiger partial charge >= 0.3 is 0 Å². The lowest BCUT2D eigenvalue weighted by atomic mass is 10.1. The van der Waals surface area contributed by atoms with Crippen LogP contribution >= 0.6 is 23.1 Å². The van der Waals surface area contributed by atoms with E-state index in [9.17, 15) is 4.79 Å². The van der Waals surface area contributed by atoms with Gasteiger partial charge in [-0.1, -0.05) is 67.3 Å². The number of amides is 1. The Hall–Kier alpha value is -1.60. The van der Waals surface area contributed by atoms with Crippen molar-refractivity contribution in [2.75, 3.05) is 11.1 Å². The lowest BCUT2D eigenvalue weighted by molar-refractivity contribution is -0.119. The Morgan fingerprint density at radius 1 is 1.22 bits per heavy atom. The van der Waals surface area contributed by atoms with Gasteiger partial charge < -0.3 is 10.6 Å². The molecule has 0 aliphatic carbocycles. The third-order valence-electron chi connectivity index (χ3n) is 3.41. The van der Waals surface area contributed by atoms with E-state index >= 15 is 0 Å². The number of rotatable bonds is 8. The van der Waals surface area contributed by atoms with Crippen LogP contribution in [0.1, 0.15) is 26.3 Å². The second-order valence-electron chi connectivity index (χ2n) is 5.60. The minimum Gasteiger partial charge on any atom is -0.356 e. The van der Waals surface area contributed by atoms with E-state index in [0.29, 0.717) is 18.2 Å². The fourth-order valence-electron chi connectivity index (χ4n) is 1.70. The Morgan fingerprint density at radius 2 is 1.96 bits per heavy atom. The molecule has 0 aliphatic heterocycles. The van der Waals surface area contributed by atoms with E-state index in [1.165, 1.54) is 28.7 Å². The van der Waals surface area contributed by atoms with Crippen LogP contribution in [0.5, 0.6) is 0 Å². The molecule has 0 bridgehead atoms. The van der Waals surface area contributed by atoms with Crippen LogP contribution in [-0.4, -0.2) is 27.9 Å². The Balaban J connectivity index is 1.75. The predicted octanol–water partition coefficient (Wildman–Crippen LogP) is 3.40. The highest BCUT2D eigenvalue weighted by Gasteiger charge is 2.12. The van der Waals surface area contributed by atoms with E-state index in [1.807, 2.05) is 25.1 Å². The summed E-state index contributed by atoms with van der Waals surface area (Å²) in [4.78, 5) is 11.9. The van der Waals surface area contributed by atoms with Crippen LogP contribution in [0.2, 0.25) is 0 Å². The molecule has 1 heterocycles. The van der Waals surface area contributed by atoms with Gasteiger partial charge in [-0.15, -0.1) is 10.2 Å². The third kappa shape index (κ3) is 6.19. The van der Waals surface area contributed by atoms with Crippen molar-refractivity contribution in [2.45, 2.75) is 37.7 Å². The fourth-order valence-corrected chi connectivity index (χ4v) is 3.26. The average molecular weight is 351 g/mol. The van der Waals surface area contributed by atoms with Crippen LogP contribution in [0.3, 0.4) is 0 Å². The lowest BCUT2D eigenvalue weighted by Gasteiger charge is -2.16. The Kier molecular flexibility index (Phi) is 6.85. The zero-order valence-corrected chi connectivity index (χ0v) is 15.2. The van der Waals surface area contributed by atoms with E-state index < -0.39 is 0 Å². The van der Waals surface area contributed by atoms with E-state index in [-0.39, 0.29) is 11.9 Å².